The van der Waals surface area contributed by atoms with Crippen LogP contribution in [0.4, 0.5) is 4.39 Å². The number of ether oxygens (including phenoxy) is 3. The molecule has 180 valence electrons. The number of methoxy groups -OCH3 is 1. The van der Waals surface area contributed by atoms with Crippen molar-refractivity contribution in [2.45, 2.75) is 33.7 Å². The first-order chi connectivity index (χ1) is 17.0. The number of halogens is 1. The lowest BCUT2D eigenvalue weighted by molar-refractivity contribution is 0.0528. The van der Waals surface area contributed by atoms with E-state index in [1.807, 2.05) is 44.2 Å². The van der Waals surface area contributed by atoms with Gasteiger partial charge in [-0.2, -0.15) is 0 Å². The summed E-state index contributed by atoms with van der Waals surface area (Å²) in [6, 6.07) is 14.5. The van der Waals surface area contributed by atoms with Crippen molar-refractivity contribution < 1.29 is 23.4 Å². The zero-order valence-electron chi connectivity index (χ0n) is 20.4. The molecule has 3 aromatic carbocycles. The molecule has 0 bridgehead atoms. The van der Waals surface area contributed by atoms with Crippen molar-refractivity contribution in [2.24, 2.45) is 0 Å². The fraction of sp³-hybridized carbons (Fsp3) is 0.276. The van der Waals surface area contributed by atoms with E-state index in [4.69, 9.17) is 14.2 Å². The monoisotopic (exact) mass is 473 g/mol. The lowest BCUT2D eigenvalue weighted by Gasteiger charge is -2.23. The molecule has 1 aliphatic heterocycles. The molecule has 0 unspecified atom stereocenters. The average Bonchev–Trinajstić information content (AvgIpc) is 3.16. The molecule has 6 heteroatoms. The maximum atomic E-state index is 14.3. The van der Waals surface area contributed by atoms with Crippen LogP contribution in [-0.2, 0) is 17.7 Å². The van der Waals surface area contributed by atoms with Gasteiger partial charge in [-0.05, 0) is 73.4 Å². The second kappa shape index (κ2) is 9.10. The Morgan fingerprint density at radius 1 is 1.03 bits per heavy atom. The van der Waals surface area contributed by atoms with Gasteiger partial charge in [0.2, 0.25) is 0 Å². The zero-order chi connectivity index (χ0) is 24.7. The van der Waals surface area contributed by atoms with Gasteiger partial charge in [-0.3, -0.25) is 0 Å². The molecule has 0 amide bonds. The predicted octanol–water partition coefficient (Wildman–Crippen LogP) is 6.56. The molecule has 0 radical (unpaired) electrons. The number of carbonyl (C=O) groups excluding carboxylic acids is 1. The van der Waals surface area contributed by atoms with Crippen LogP contribution in [-0.4, -0.2) is 30.9 Å². The van der Waals surface area contributed by atoms with Gasteiger partial charge in [-0.1, -0.05) is 24.3 Å². The first kappa shape index (κ1) is 23.0. The first-order valence-electron chi connectivity index (χ1n) is 11.9. The predicted molar refractivity (Wildman–Crippen MR) is 135 cm³/mol. The highest BCUT2D eigenvalue weighted by molar-refractivity contribution is 6.09. The van der Waals surface area contributed by atoms with Crippen molar-refractivity contribution in [3.05, 3.63) is 71.2 Å². The summed E-state index contributed by atoms with van der Waals surface area (Å²) in [6.07, 6.45) is 0.784. The molecule has 0 fully saturated rings. The molecular weight excluding hydrogens is 445 g/mol. The average molecular weight is 474 g/mol. The number of aromatic nitrogens is 1. The van der Waals surface area contributed by atoms with Gasteiger partial charge in [0.25, 0.3) is 0 Å². The molecule has 0 N–H and O–H groups in total. The summed E-state index contributed by atoms with van der Waals surface area (Å²) in [4.78, 5) is 13.5. The van der Waals surface area contributed by atoms with Crippen LogP contribution in [0.25, 0.3) is 33.2 Å². The van der Waals surface area contributed by atoms with Gasteiger partial charge < -0.3 is 18.8 Å². The molecule has 5 nitrogen and oxygen atoms in total. The minimum atomic E-state index is -0.394. The number of nitrogens with zero attached hydrogens (tertiary/aromatic N) is 1. The van der Waals surface area contributed by atoms with Gasteiger partial charge in [0, 0.05) is 23.4 Å². The summed E-state index contributed by atoms with van der Waals surface area (Å²) >= 11 is 0. The number of hydrogen-bond acceptors (Lipinski definition) is 4. The zero-order valence-corrected chi connectivity index (χ0v) is 20.4. The SMILES string of the molecule is CCOC(=O)c1c(-c2cccc3ccc(F)cc23)c(C)n2c1-c1cc(OCC)c(OC)cc1CC2. The molecule has 4 aromatic rings. The third kappa shape index (κ3) is 3.73. The van der Waals surface area contributed by atoms with Crippen molar-refractivity contribution in [3.63, 3.8) is 0 Å². The topological polar surface area (TPSA) is 49.7 Å². The van der Waals surface area contributed by atoms with Crippen LogP contribution in [0.2, 0.25) is 0 Å². The van der Waals surface area contributed by atoms with Crippen molar-refractivity contribution >= 4 is 16.7 Å². The summed E-state index contributed by atoms with van der Waals surface area (Å²) in [5, 5.41) is 1.67. The van der Waals surface area contributed by atoms with Crippen LogP contribution >= 0.6 is 0 Å². The third-order valence-corrected chi connectivity index (χ3v) is 6.67. The highest BCUT2D eigenvalue weighted by atomic mass is 19.1. The molecule has 0 saturated carbocycles. The third-order valence-electron chi connectivity index (χ3n) is 6.67. The van der Waals surface area contributed by atoms with E-state index in [0.717, 1.165) is 50.8 Å². The second-order valence-corrected chi connectivity index (χ2v) is 8.57. The molecular formula is C29H28FNO4. The number of fused-ring (bicyclic) bond motifs is 4. The summed E-state index contributed by atoms with van der Waals surface area (Å²) in [6.45, 7) is 7.19. The maximum absolute atomic E-state index is 14.3. The fourth-order valence-electron chi connectivity index (χ4n) is 5.18. The number of benzene rings is 3. The van der Waals surface area contributed by atoms with Gasteiger partial charge in [-0.25, -0.2) is 9.18 Å². The maximum Gasteiger partial charge on any atom is 0.340 e. The number of rotatable bonds is 6. The second-order valence-electron chi connectivity index (χ2n) is 8.57. The van der Waals surface area contributed by atoms with E-state index in [-0.39, 0.29) is 12.4 Å². The van der Waals surface area contributed by atoms with E-state index in [2.05, 4.69) is 4.57 Å². The van der Waals surface area contributed by atoms with Crippen molar-refractivity contribution in [1.29, 1.82) is 0 Å². The lowest BCUT2D eigenvalue weighted by Crippen LogP contribution is -2.15. The van der Waals surface area contributed by atoms with Gasteiger partial charge in [0.1, 0.15) is 5.82 Å². The van der Waals surface area contributed by atoms with E-state index in [1.54, 1.807) is 20.1 Å². The number of esters is 1. The molecule has 0 spiro atoms. The van der Waals surface area contributed by atoms with Crippen LogP contribution < -0.4 is 9.47 Å². The standard InChI is InChI=1S/C29H28FNO4/c1-5-34-25-16-23-19(14-24(25)33-4)12-13-31-17(3)26(27(28(23)31)29(32)35-6-2)21-9-7-8-18-10-11-20(30)15-22(18)21/h7-11,14-16H,5-6,12-13H2,1-4H3. The van der Waals surface area contributed by atoms with Crippen molar-refractivity contribution in [2.75, 3.05) is 20.3 Å². The highest BCUT2D eigenvalue weighted by Gasteiger charge is 2.32. The summed E-state index contributed by atoms with van der Waals surface area (Å²) < 4.78 is 33.5. The van der Waals surface area contributed by atoms with E-state index >= 15 is 0 Å². The highest BCUT2D eigenvalue weighted by Crippen LogP contribution is 2.46. The Balaban J connectivity index is 1.85. The van der Waals surface area contributed by atoms with E-state index in [1.165, 1.54) is 12.1 Å². The van der Waals surface area contributed by atoms with Gasteiger partial charge in [0.05, 0.1) is 31.6 Å². The Hall–Kier alpha value is -3.80. The largest absolute Gasteiger partial charge is 0.493 e. The quantitative estimate of drug-likeness (QED) is 0.298. The van der Waals surface area contributed by atoms with Gasteiger partial charge >= 0.3 is 5.97 Å². The van der Waals surface area contributed by atoms with Crippen LogP contribution in [0.5, 0.6) is 11.5 Å². The van der Waals surface area contributed by atoms with Crippen LogP contribution in [0.15, 0.2) is 48.5 Å². The molecule has 0 saturated heterocycles. The Morgan fingerprint density at radius 2 is 1.86 bits per heavy atom. The minimum absolute atomic E-state index is 0.256. The Kier molecular flexibility index (Phi) is 5.97. The van der Waals surface area contributed by atoms with Crippen LogP contribution in [0.3, 0.4) is 0 Å². The minimum Gasteiger partial charge on any atom is -0.493 e. The molecule has 35 heavy (non-hydrogen) atoms. The van der Waals surface area contributed by atoms with E-state index in [9.17, 15) is 9.18 Å². The van der Waals surface area contributed by atoms with Gasteiger partial charge in [0.15, 0.2) is 11.5 Å². The first-order valence-corrected chi connectivity index (χ1v) is 11.9. The molecule has 1 aromatic heterocycles. The molecule has 0 atom stereocenters. The van der Waals surface area contributed by atoms with Crippen molar-refractivity contribution in [1.82, 2.24) is 4.57 Å². The lowest BCUT2D eigenvalue weighted by atomic mass is 9.91. The smallest absolute Gasteiger partial charge is 0.340 e. The molecule has 5 rings (SSSR count). The summed E-state index contributed by atoms with van der Waals surface area (Å²) in [5.74, 6) is 0.590. The normalized spacial score (nSPS) is 12.3. The van der Waals surface area contributed by atoms with Gasteiger partial charge in [-0.15, -0.1) is 0 Å². The Labute approximate surface area is 204 Å². The number of hydrogen-bond donors (Lipinski definition) is 0. The number of carbonyl (C=O) groups is 1. The van der Waals surface area contributed by atoms with E-state index in [0.29, 0.717) is 30.2 Å². The molecule has 0 aliphatic carbocycles. The molecule has 1 aliphatic rings. The summed E-state index contributed by atoms with van der Waals surface area (Å²) in [5.41, 5.74) is 5.82. The fourth-order valence-corrected chi connectivity index (χ4v) is 5.18. The van der Waals surface area contributed by atoms with Crippen molar-refractivity contribution in [3.8, 4) is 33.9 Å². The van der Waals surface area contributed by atoms with Crippen LogP contribution in [0.1, 0.15) is 35.5 Å². The molecule has 2 heterocycles. The number of aryl methyl sites for hydroxylation is 1. The Morgan fingerprint density at radius 3 is 2.60 bits per heavy atom. The van der Waals surface area contributed by atoms with E-state index < -0.39 is 5.97 Å². The van der Waals surface area contributed by atoms with Crippen LogP contribution in [0, 0.1) is 12.7 Å². The Bertz CT molecular complexity index is 1450. The summed E-state index contributed by atoms with van der Waals surface area (Å²) in [7, 11) is 1.63.